The van der Waals surface area contributed by atoms with Crippen LogP contribution in [0.4, 0.5) is 22.3 Å². The van der Waals surface area contributed by atoms with Crippen LogP contribution in [0.2, 0.25) is 0 Å². The zero-order valence-electron chi connectivity index (χ0n) is 19.3. The first-order valence-electron chi connectivity index (χ1n) is 12.1. The number of nitrogens with zero attached hydrogens (tertiary/aromatic N) is 2. The number of thiazole rings is 1. The summed E-state index contributed by atoms with van der Waals surface area (Å²) in [6.07, 6.45) is 6.37. The van der Waals surface area contributed by atoms with Gasteiger partial charge in [0, 0.05) is 49.3 Å². The predicted molar refractivity (Wildman–Crippen MR) is 139 cm³/mol. The third-order valence-electron chi connectivity index (χ3n) is 7.22. The molecule has 3 heterocycles. The SMILES string of the molecule is Nc1nc(Nc2ccc([N+]3(C4CCNCC4)CCCCC3)cc2)sc1C(=O)c1cccc(O)c1. The number of hydrogen-bond donors (Lipinski definition) is 4. The molecular formula is C26H32N5O2S+. The topological polar surface area (TPSA) is 100 Å². The maximum Gasteiger partial charge on any atom is 0.206 e. The van der Waals surface area contributed by atoms with Crippen molar-refractivity contribution >= 4 is 39.4 Å². The van der Waals surface area contributed by atoms with Crippen LogP contribution >= 0.6 is 11.3 Å². The second-order valence-electron chi connectivity index (χ2n) is 9.31. The highest BCUT2D eigenvalue weighted by Crippen LogP contribution is 2.36. The molecule has 2 aromatic carbocycles. The van der Waals surface area contributed by atoms with Gasteiger partial charge in [-0.2, -0.15) is 0 Å². The molecule has 8 heteroatoms. The monoisotopic (exact) mass is 478 g/mol. The van der Waals surface area contributed by atoms with Crippen molar-refractivity contribution in [1.82, 2.24) is 14.8 Å². The number of aromatic nitrogens is 1. The zero-order valence-corrected chi connectivity index (χ0v) is 20.1. The van der Waals surface area contributed by atoms with E-state index in [4.69, 9.17) is 5.73 Å². The smallest absolute Gasteiger partial charge is 0.206 e. The Balaban J connectivity index is 1.34. The molecule has 178 valence electrons. The van der Waals surface area contributed by atoms with Gasteiger partial charge in [0.2, 0.25) is 5.78 Å². The number of aromatic hydroxyl groups is 1. The van der Waals surface area contributed by atoms with Crippen molar-refractivity contribution < 1.29 is 9.90 Å². The molecule has 2 saturated heterocycles. The molecule has 2 aliphatic heterocycles. The largest absolute Gasteiger partial charge is 0.508 e. The number of phenolic OH excluding ortho intramolecular Hbond substituents is 1. The summed E-state index contributed by atoms with van der Waals surface area (Å²) in [5, 5.41) is 17.1. The van der Waals surface area contributed by atoms with Gasteiger partial charge in [-0.15, -0.1) is 0 Å². The molecule has 0 atom stereocenters. The van der Waals surface area contributed by atoms with E-state index >= 15 is 0 Å². The molecule has 0 aliphatic carbocycles. The van der Waals surface area contributed by atoms with Crippen LogP contribution in [0.1, 0.15) is 47.3 Å². The van der Waals surface area contributed by atoms with Crippen LogP contribution in [0.25, 0.3) is 0 Å². The molecular weight excluding hydrogens is 446 g/mol. The van der Waals surface area contributed by atoms with Gasteiger partial charge in [-0.05, 0) is 43.5 Å². The number of nitrogens with one attached hydrogen (secondary N) is 2. The number of carbonyl (C=O) groups is 1. The molecule has 0 bridgehead atoms. The Kier molecular flexibility index (Phi) is 6.54. The van der Waals surface area contributed by atoms with Crippen LogP contribution in [0.15, 0.2) is 48.5 Å². The molecule has 0 saturated carbocycles. The summed E-state index contributed by atoms with van der Waals surface area (Å²) < 4.78 is 1.11. The van der Waals surface area contributed by atoms with Gasteiger partial charge < -0.3 is 21.5 Å². The van der Waals surface area contributed by atoms with Gasteiger partial charge in [-0.25, -0.2) is 4.98 Å². The van der Waals surface area contributed by atoms with Crippen LogP contribution < -0.4 is 20.9 Å². The highest BCUT2D eigenvalue weighted by molar-refractivity contribution is 7.18. The van der Waals surface area contributed by atoms with Gasteiger partial charge in [0.05, 0.1) is 19.1 Å². The number of nitrogen functional groups attached to an aromatic ring is 1. The Hall–Kier alpha value is -2.94. The summed E-state index contributed by atoms with van der Waals surface area (Å²) in [7, 11) is 0. The van der Waals surface area contributed by atoms with Crippen molar-refractivity contribution in [2.75, 3.05) is 37.2 Å². The van der Waals surface area contributed by atoms with E-state index in [1.807, 2.05) is 0 Å². The van der Waals surface area contributed by atoms with E-state index in [1.54, 1.807) is 12.1 Å². The van der Waals surface area contributed by atoms with Gasteiger partial charge in [-0.1, -0.05) is 23.5 Å². The van der Waals surface area contributed by atoms with Crippen LogP contribution in [0, 0.1) is 0 Å². The van der Waals surface area contributed by atoms with E-state index in [0.717, 1.165) is 23.3 Å². The number of ketones is 1. The Morgan fingerprint density at radius 1 is 1.09 bits per heavy atom. The highest BCUT2D eigenvalue weighted by atomic mass is 32.1. The number of piperidine rings is 2. The number of carbonyl (C=O) groups excluding carboxylic acids is 1. The molecule has 2 aliphatic rings. The maximum absolute atomic E-state index is 12.8. The van der Waals surface area contributed by atoms with E-state index in [0.29, 0.717) is 21.6 Å². The van der Waals surface area contributed by atoms with Crippen LogP contribution in [-0.2, 0) is 0 Å². The fourth-order valence-electron chi connectivity index (χ4n) is 5.50. The van der Waals surface area contributed by atoms with E-state index < -0.39 is 0 Å². The summed E-state index contributed by atoms with van der Waals surface area (Å²) in [6, 6.07) is 15.7. The number of anilines is 3. The quantitative estimate of drug-likeness (QED) is 0.304. The molecule has 2 fully saturated rings. The molecule has 5 rings (SSSR count). The van der Waals surface area contributed by atoms with Gasteiger partial charge >= 0.3 is 0 Å². The Morgan fingerprint density at radius 3 is 2.53 bits per heavy atom. The lowest BCUT2D eigenvalue weighted by Crippen LogP contribution is -2.62. The van der Waals surface area contributed by atoms with E-state index in [1.165, 1.54) is 74.4 Å². The third kappa shape index (κ3) is 4.53. The number of quaternary nitrogens is 1. The molecule has 0 radical (unpaired) electrons. The summed E-state index contributed by atoms with van der Waals surface area (Å²) in [6.45, 7) is 4.67. The molecule has 0 amide bonds. The van der Waals surface area contributed by atoms with Crippen molar-refractivity contribution in [3.8, 4) is 5.75 Å². The zero-order chi connectivity index (χ0) is 23.5. The molecule has 0 spiro atoms. The number of rotatable bonds is 6. The van der Waals surface area contributed by atoms with Crippen molar-refractivity contribution in [3.05, 3.63) is 59.0 Å². The standard InChI is InChI=1S/C26H31N5O2S/c27-25-24(23(33)18-5-4-6-22(32)17-18)34-26(30-25)29-19-7-9-20(10-8-19)31(15-2-1-3-16-31)21-11-13-28-14-12-21/h4-10,17,21,28H,1-3,11-16H2,(H3-,27,29,30,32,33)/p+1. The highest BCUT2D eigenvalue weighted by Gasteiger charge is 2.40. The summed E-state index contributed by atoms with van der Waals surface area (Å²) >= 11 is 1.23. The van der Waals surface area contributed by atoms with Crippen molar-refractivity contribution in [2.24, 2.45) is 0 Å². The average Bonchev–Trinajstić information content (AvgIpc) is 3.24. The first-order chi connectivity index (χ1) is 16.5. The first kappa shape index (κ1) is 22.8. The molecule has 34 heavy (non-hydrogen) atoms. The lowest BCUT2D eigenvalue weighted by molar-refractivity contribution is 0.104. The minimum absolute atomic E-state index is 0.0472. The summed E-state index contributed by atoms with van der Waals surface area (Å²) in [5.74, 6) is 0.00000985. The minimum atomic E-state index is -0.243. The molecule has 7 nitrogen and oxygen atoms in total. The van der Waals surface area contributed by atoms with E-state index in [-0.39, 0.29) is 17.4 Å². The maximum atomic E-state index is 12.8. The fraction of sp³-hybridized carbons (Fsp3) is 0.385. The number of phenols is 1. The summed E-state index contributed by atoms with van der Waals surface area (Å²) in [4.78, 5) is 17.6. The van der Waals surface area contributed by atoms with Crippen LogP contribution in [-0.4, -0.2) is 48.1 Å². The van der Waals surface area contributed by atoms with E-state index in [9.17, 15) is 9.90 Å². The first-order valence-corrected chi connectivity index (χ1v) is 12.9. The van der Waals surface area contributed by atoms with Crippen molar-refractivity contribution in [3.63, 3.8) is 0 Å². The van der Waals surface area contributed by atoms with Gasteiger partial charge in [0.15, 0.2) is 5.13 Å². The average molecular weight is 479 g/mol. The Labute approximate surface area is 204 Å². The van der Waals surface area contributed by atoms with Gasteiger partial charge in [0.25, 0.3) is 0 Å². The molecule has 1 aromatic heterocycles. The molecule has 0 unspecified atom stereocenters. The second kappa shape index (κ2) is 9.74. The second-order valence-corrected chi connectivity index (χ2v) is 10.3. The summed E-state index contributed by atoms with van der Waals surface area (Å²) in [5.41, 5.74) is 8.77. The molecule has 5 N–H and O–H groups in total. The van der Waals surface area contributed by atoms with Crippen LogP contribution in [0.3, 0.4) is 0 Å². The van der Waals surface area contributed by atoms with E-state index in [2.05, 4.69) is 39.9 Å². The number of hydrogen-bond acceptors (Lipinski definition) is 7. The number of nitrogens with two attached hydrogens (primary N) is 1. The number of benzene rings is 2. The predicted octanol–water partition coefficient (Wildman–Crippen LogP) is 4.65. The van der Waals surface area contributed by atoms with Gasteiger partial charge in [-0.3, -0.25) is 9.28 Å². The lowest BCUT2D eigenvalue weighted by Gasteiger charge is -2.48. The van der Waals surface area contributed by atoms with Crippen LogP contribution in [0.5, 0.6) is 5.75 Å². The molecule has 3 aromatic rings. The van der Waals surface area contributed by atoms with Crippen molar-refractivity contribution in [1.29, 1.82) is 0 Å². The lowest BCUT2D eigenvalue weighted by atomic mass is 9.95. The Bertz CT molecular complexity index is 1150. The third-order valence-corrected chi connectivity index (χ3v) is 8.21. The normalized spacial score (nSPS) is 18.5. The Morgan fingerprint density at radius 2 is 1.82 bits per heavy atom. The minimum Gasteiger partial charge on any atom is -0.508 e. The van der Waals surface area contributed by atoms with Crippen molar-refractivity contribution in [2.45, 2.75) is 38.1 Å². The van der Waals surface area contributed by atoms with Gasteiger partial charge in [0.1, 0.15) is 22.1 Å². The number of likely N-dealkylation sites (tertiary alicyclic amines) is 1. The fourth-order valence-corrected chi connectivity index (χ4v) is 6.37.